The number of fused-ring (bicyclic) bond motifs is 1. The van der Waals surface area contributed by atoms with Crippen LogP contribution in [-0.2, 0) is 24.7 Å². The van der Waals surface area contributed by atoms with Crippen LogP contribution in [0.1, 0.15) is 28.9 Å². The molecular weight excluding hydrogens is 478 g/mol. The molecule has 5 rings (SSSR count). The van der Waals surface area contributed by atoms with E-state index in [0.29, 0.717) is 29.7 Å². The fourth-order valence-corrected chi connectivity index (χ4v) is 4.32. The van der Waals surface area contributed by atoms with Gasteiger partial charge in [-0.1, -0.05) is 24.3 Å². The summed E-state index contributed by atoms with van der Waals surface area (Å²) in [4.78, 5) is 18.4. The molecule has 0 atom stereocenters. The van der Waals surface area contributed by atoms with Crippen molar-refractivity contribution < 1.29 is 23.4 Å². The van der Waals surface area contributed by atoms with E-state index in [4.69, 9.17) is 9.84 Å². The van der Waals surface area contributed by atoms with E-state index in [2.05, 4.69) is 15.1 Å². The van der Waals surface area contributed by atoms with Gasteiger partial charge in [-0.05, 0) is 48.7 Å². The lowest BCUT2D eigenvalue weighted by Crippen LogP contribution is -2.02. The highest BCUT2D eigenvalue weighted by atomic mass is 19.1. The van der Waals surface area contributed by atoms with E-state index in [-0.39, 0.29) is 29.3 Å². The normalized spacial score (nSPS) is 11.2. The third kappa shape index (κ3) is 5.06. The SMILES string of the molecule is Cc1c(Oc2ccc(F)c(-c3nc(Cc4cccc(CCC(=O)O)c4)n(C)n3)c2)c(F)cc2[nH]ccc12. The van der Waals surface area contributed by atoms with E-state index >= 15 is 0 Å². The predicted molar refractivity (Wildman–Crippen MR) is 135 cm³/mol. The van der Waals surface area contributed by atoms with Gasteiger partial charge in [-0.25, -0.2) is 13.8 Å². The number of aryl methyl sites for hydroxylation is 3. The number of aromatic amines is 1. The Morgan fingerprint density at radius 3 is 2.70 bits per heavy atom. The summed E-state index contributed by atoms with van der Waals surface area (Å²) in [5, 5.41) is 14.2. The Hall–Kier alpha value is -4.53. The molecule has 0 bridgehead atoms. The molecule has 2 N–H and O–H groups in total. The van der Waals surface area contributed by atoms with Crippen LogP contribution in [0.25, 0.3) is 22.3 Å². The van der Waals surface area contributed by atoms with Crippen molar-refractivity contribution in [3.05, 3.63) is 94.9 Å². The first-order valence-corrected chi connectivity index (χ1v) is 11.7. The number of H-pyrrole nitrogens is 1. The van der Waals surface area contributed by atoms with Gasteiger partial charge in [0, 0.05) is 48.6 Å². The van der Waals surface area contributed by atoms with Crippen LogP contribution in [0.5, 0.6) is 11.5 Å². The van der Waals surface area contributed by atoms with Crippen LogP contribution in [0, 0.1) is 18.6 Å². The molecule has 37 heavy (non-hydrogen) atoms. The fraction of sp³-hybridized carbons (Fsp3) is 0.179. The molecule has 7 nitrogen and oxygen atoms in total. The molecule has 2 aromatic heterocycles. The number of benzene rings is 3. The molecule has 0 fully saturated rings. The molecule has 0 aliphatic carbocycles. The lowest BCUT2D eigenvalue weighted by Gasteiger charge is -2.12. The van der Waals surface area contributed by atoms with Crippen LogP contribution in [0.2, 0.25) is 0 Å². The second-order valence-corrected chi connectivity index (χ2v) is 8.86. The summed E-state index contributed by atoms with van der Waals surface area (Å²) in [5.74, 6) is -0.785. The van der Waals surface area contributed by atoms with E-state index in [0.717, 1.165) is 16.5 Å². The number of aromatic nitrogens is 4. The predicted octanol–water partition coefficient (Wildman–Crippen LogP) is 5.95. The van der Waals surface area contributed by atoms with E-state index in [1.165, 1.54) is 24.3 Å². The number of ether oxygens (including phenoxy) is 1. The highest BCUT2D eigenvalue weighted by molar-refractivity contribution is 5.85. The summed E-state index contributed by atoms with van der Waals surface area (Å²) in [5.41, 5.74) is 3.29. The Labute approximate surface area is 211 Å². The van der Waals surface area contributed by atoms with Crippen LogP contribution in [-0.4, -0.2) is 30.8 Å². The van der Waals surface area contributed by atoms with Crippen molar-refractivity contribution in [2.24, 2.45) is 7.05 Å². The van der Waals surface area contributed by atoms with E-state index in [9.17, 15) is 13.6 Å². The Balaban J connectivity index is 1.41. The third-order valence-electron chi connectivity index (χ3n) is 6.24. The van der Waals surface area contributed by atoms with Gasteiger partial charge < -0.3 is 14.8 Å². The summed E-state index contributed by atoms with van der Waals surface area (Å²) < 4.78 is 37.0. The van der Waals surface area contributed by atoms with E-state index in [1.807, 2.05) is 30.3 Å². The first-order chi connectivity index (χ1) is 17.8. The summed E-state index contributed by atoms with van der Waals surface area (Å²) in [7, 11) is 1.73. The zero-order chi connectivity index (χ0) is 26.1. The van der Waals surface area contributed by atoms with Gasteiger partial charge in [0.15, 0.2) is 17.4 Å². The summed E-state index contributed by atoms with van der Waals surface area (Å²) in [6.45, 7) is 1.77. The highest BCUT2D eigenvalue weighted by Crippen LogP contribution is 2.35. The maximum Gasteiger partial charge on any atom is 0.303 e. The van der Waals surface area contributed by atoms with Crippen molar-refractivity contribution in [3.8, 4) is 22.9 Å². The van der Waals surface area contributed by atoms with Gasteiger partial charge in [0.05, 0.1) is 5.56 Å². The number of carbonyl (C=O) groups is 1. The fourth-order valence-electron chi connectivity index (χ4n) is 4.32. The molecule has 0 radical (unpaired) electrons. The zero-order valence-corrected chi connectivity index (χ0v) is 20.3. The molecule has 0 spiro atoms. The molecule has 0 amide bonds. The van der Waals surface area contributed by atoms with Crippen LogP contribution < -0.4 is 4.74 Å². The molecule has 0 saturated carbocycles. The van der Waals surface area contributed by atoms with Crippen molar-refractivity contribution in [2.75, 3.05) is 0 Å². The van der Waals surface area contributed by atoms with Crippen molar-refractivity contribution in [3.63, 3.8) is 0 Å². The Kier molecular flexibility index (Phi) is 6.43. The number of hydrogen-bond acceptors (Lipinski definition) is 4. The molecule has 3 aromatic carbocycles. The van der Waals surface area contributed by atoms with Crippen molar-refractivity contribution in [2.45, 2.75) is 26.2 Å². The molecule has 0 aliphatic heterocycles. The summed E-state index contributed by atoms with van der Waals surface area (Å²) >= 11 is 0. The van der Waals surface area contributed by atoms with Crippen LogP contribution in [0.3, 0.4) is 0 Å². The molecule has 2 heterocycles. The Morgan fingerprint density at radius 1 is 1.08 bits per heavy atom. The van der Waals surface area contributed by atoms with Gasteiger partial charge in [-0.2, -0.15) is 5.10 Å². The lowest BCUT2D eigenvalue weighted by molar-refractivity contribution is -0.136. The number of nitrogens with one attached hydrogen (secondary N) is 1. The van der Waals surface area contributed by atoms with E-state index < -0.39 is 17.6 Å². The first kappa shape index (κ1) is 24.2. The number of halogens is 2. The third-order valence-corrected chi connectivity index (χ3v) is 6.24. The van der Waals surface area contributed by atoms with Crippen molar-refractivity contribution in [1.29, 1.82) is 0 Å². The molecule has 188 valence electrons. The van der Waals surface area contributed by atoms with Crippen molar-refractivity contribution in [1.82, 2.24) is 19.7 Å². The minimum atomic E-state index is -0.848. The molecule has 0 aliphatic rings. The second-order valence-electron chi connectivity index (χ2n) is 8.86. The number of aliphatic carboxylic acids is 1. The number of nitrogens with zero attached hydrogens (tertiary/aromatic N) is 3. The maximum absolute atomic E-state index is 14.8. The molecular formula is C28H24F2N4O3. The largest absolute Gasteiger partial charge is 0.481 e. The standard InChI is InChI=1S/C28H24F2N4O3/c1-16-20-10-11-31-24(20)15-23(30)27(16)37-19-7-8-22(29)21(14-19)28-32-25(34(2)33-28)13-18-5-3-4-17(12-18)6-9-26(35)36/h3-5,7-8,10-12,14-15,31H,6,9,13H2,1-2H3,(H,35,36). The minimum absolute atomic E-state index is 0.0533. The van der Waals surface area contributed by atoms with Crippen molar-refractivity contribution >= 4 is 16.9 Å². The first-order valence-electron chi connectivity index (χ1n) is 11.7. The molecule has 9 heteroatoms. The van der Waals surface area contributed by atoms with Crippen LogP contribution >= 0.6 is 0 Å². The molecule has 0 saturated heterocycles. The van der Waals surface area contributed by atoms with Gasteiger partial charge in [0.2, 0.25) is 0 Å². The maximum atomic E-state index is 14.8. The summed E-state index contributed by atoms with van der Waals surface area (Å²) in [6, 6.07) is 15.0. The quantitative estimate of drug-likeness (QED) is 0.274. The Morgan fingerprint density at radius 2 is 1.89 bits per heavy atom. The van der Waals surface area contributed by atoms with Crippen LogP contribution in [0.4, 0.5) is 8.78 Å². The monoisotopic (exact) mass is 502 g/mol. The Bertz CT molecular complexity index is 1620. The average Bonchev–Trinajstić information content (AvgIpc) is 3.48. The number of carboxylic acid groups (broad SMARTS) is 1. The van der Waals surface area contributed by atoms with Gasteiger partial charge in [0.25, 0.3) is 0 Å². The molecule has 0 unspecified atom stereocenters. The summed E-state index contributed by atoms with van der Waals surface area (Å²) in [6.07, 6.45) is 2.65. The smallest absolute Gasteiger partial charge is 0.303 e. The minimum Gasteiger partial charge on any atom is -0.481 e. The second kappa shape index (κ2) is 9.85. The number of carboxylic acids is 1. The lowest BCUT2D eigenvalue weighted by atomic mass is 10.0. The number of hydrogen-bond donors (Lipinski definition) is 2. The number of rotatable bonds is 8. The zero-order valence-electron chi connectivity index (χ0n) is 20.3. The van der Waals surface area contributed by atoms with Crippen LogP contribution in [0.15, 0.2) is 60.8 Å². The molecule has 5 aromatic rings. The topological polar surface area (TPSA) is 93.0 Å². The highest BCUT2D eigenvalue weighted by Gasteiger charge is 2.18. The average molecular weight is 503 g/mol. The van der Waals surface area contributed by atoms with E-state index in [1.54, 1.807) is 24.9 Å². The van der Waals surface area contributed by atoms with Gasteiger partial charge >= 0.3 is 5.97 Å². The van der Waals surface area contributed by atoms with Gasteiger partial charge in [0.1, 0.15) is 17.4 Å². The van der Waals surface area contributed by atoms with Gasteiger partial charge in [-0.15, -0.1) is 0 Å². The van der Waals surface area contributed by atoms with Gasteiger partial charge in [-0.3, -0.25) is 9.48 Å².